The lowest BCUT2D eigenvalue weighted by atomic mass is 10.1. The third-order valence-electron chi connectivity index (χ3n) is 6.93. The summed E-state index contributed by atoms with van der Waals surface area (Å²) in [6.07, 6.45) is 2.73. The zero-order valence-corrected chi connectivity index (χ0v) is 24.4. The first-order valence-electron chi connectivity index (χ1n) is 13.8. The van der Waals surface area contributed by atoms with Crippen LogP contribution in [0.5, 0.6) is 11.5 Å². The van der Waals surface area contributed by atoms with Crippen molar-refractivity contribution in [3.05, 3.63) is 71.7 Å². The quantitative estimate of drug-likeness (QED) is 0.263. The minimum absolute atomic E-state index is 0.240. The van der Waals surface area contributed by atoms with Crippen LogP contribution >= 0.6 is 11.3 Å². The van der Waals surface area contributed by atoms with Crippen LogP contribution in [0.15, 0.2) is 66.9 Å². The predicted molar refractivity (Wildman–Crippen MR) is 162 cm³/mol. The number of nitrogens with zero attached hydrogens (tertiary/aromatic N) is 3. The van der Waals surface area contributed by atoms with Gasteiger partial charge in [-0.1, -0.05) is 18.2 Å². The summed E-state index contributed by atoms with van der Waals surface area (Å²) < 4.78 is 11.4. The first-order valence-corrected chi connectivity index (χ1v) is 14.6. The molecular weight excluding hydrogens is 554 g/mol. The molecule has 0 radical (unpaired) electrons. The molecule has 1 saturated heterocycles. The van der Waals surface area contributed by atoms with E-state index in [1.807, 2.05) is 63.2 Å². The highest BCUT2D eigenvalue weighted by atomic mass is 32.1. The monoisotopic (exact) mass is 585 g/mol. The number of urea groups is 1. The van der Waals surface area contributed by atoms with Gasteiger partial charge in [-0.25, -0.2) is 14.6 Å². The zero-order valence-electron chi connectivity index (χ0n) is 23.5. The lowest BCUT2D eigenvalue weighted by molar-refractivity contribution is 0.0185. The number of ether oxygens (including phenoxy) is 2. The van der Waals surface area contributed by atoms with Gasteiger partial charge >= 0.3 is 12.1 Å². The molecule has 1 atom stereocenters. The number of carbonyl (C=O) groups excluding carboxylic acids is 3. The van der Waals surface area contributed by atoms with Crippen molar-refractivity contribution in [2.75, 3.05) is 23.3 Å². The number of para-hydroxylation sites is 1. The fourth-order valence-corrected chi connectivity index (χ4v) is 6.15. The zero-order chi connectivity index (χ0) is 29.4. The van der Waals surface area contributed by atoms with Gasteiger partial charge in [-0.15, -0.1) is 11.3 Å². The van der Waals surface area contributed by atoms with Gasteiger partial charge in [-0.3, -0.25) is 9.69 Å². The SMILES string of the molecule is CC(C)(C)OC(=O)N1CCC[C@@H](NC(=O)c2sc3nccc4c3c2NC(=O)N4c2ccc(Oc3ccccc3)cc2)C1. The van der Waals surface area contributed by atoms with E-state index in [4.69, 9.17) is 9.47 Å². The van der Waals surface area contributed by atoms with Gasteiger partial charge in [0.2, 0.25) is 0 Å². The third-order valence-corrected chi connectivity index (χ3v) is 8.03. The minimum atomic E-state index is -0.595. The van der Waals surface area contributed by atoms with Crippen molar-refractivity contribution in [2.24, 2.45) is 0 Å². The summed E-state index contributed by atoms with van der Waals surface area (Å²) in [6.45, 7) is 6.42. The molecule has 4 aromatic rings. The molecule has 1 fully saturated rings. The van der Waals surface area contributed by atoms with Gasteiger partial charge in [-0.05, 0) is 76.1 Å². The van der Waals surface area contributed by atoms with Gasteiger partial charge < -0.3 is 25.0 Å². The highest BCUT2D eigenvalue weighted by molar-refractivity contribution is 7.21. The number of likely N-dealkylation sites (tertiary alicyclic amines) is 1. The number of hydrogen-bond acceptors (Lipinski definition) is 7. The number of hydrogen-bond donors (Lipinski definition) is 2. The molecule has 216 valence electrons. The molecule has 6 rings (SSSR count). The summed E-state index contributed by atoms with van der Waals surface area (Å²) in [7, 11) is 0. The van der Waals surface area contributed by atoms with E-state index in [-0.39, 0.29) is 24.1 Å². The first-order chi connectivity index (χ1) is 20.2. The highest BCUT2D eigenvalue weighted by Gasteiger charge is 2.34. The van der Waals surface area contributed by atoms with E-state index in [2.05, 4.69) is 15.6 Å². The third kappa shape index (κ3) is 5.60. The van der Waals surface area contributed by atoms with Crippen LogP contribution in [0.25, 0.3) is 10.2 Å². The lowest BCUT2D eigenvalue weighted by Gasteiger charge is -2.34. The Morgan fingerprint density at radius 3 is 2.52 bits per heavy atom. The van der Waals surface area contributed by atoms with Crippen molar-refractivity contribution < 1.29 is 23.9 Å². The summed E-state index contributed by atoms with van der Waals surface area (Å²) in [5.74, 6) is 1.05. The van der Waals surface area contributed by atoms with E-state index in [0.717, 1.165) is 18.6 Å². The van der Waals surface area contributed by atoms with Crippen molar-refractivity contribution in [3.63, 3.8) is 0 Å². The van der Waals surface area contributed by atoms with Crippen LogP contribution in [-0.2, 0) is 4.74 Å². The number of carbonyl (C=O) groups is 3. The molecule has 2 N–H and O–H groups in total. The van der Waals surface area contributed by atoms with Crippen LogP contribution in [0.4, 0.5) is 26.7 Å². The van der Waals surface area contributed by atoms with Crippen molar-refractivity contribution in [1.29, 1.82) is 0 Å². The Labute approximate surface area is 247 Å². The average Bonchev–Trinajstić information content (AvgIpc) is 3.33. The Kier molecular flexibility index (Phi) is 7.19. The Hall–Kier alpha value is -4.64. The number of rotatable bonds is 5. The summed E-state index contributed by atoms with van der Waals surface area (Å²) >= 11 is 1.23. The molecule has 0 spiro atoms. The van der Waals surface area contributed by atoms with Gasteiger partial charge in [0.05, 0.1) is 22.4 Å². The van der Waals surface area contributed by atoms with Crippen LogP contribution in [0.2, 0.25) is 0 Å². The second-order valence-corrected chi connectivity index (χ2v) is 12.2. The van der Waals surface area contributed by atoms with Gasteiger partial charge in [0, 0.05) is 25.3 Å². The Bertz CT molecular complexity index is 1650. The van der Waals surface area contributed by atoms with E-state index < -0.39 is 5.60 Å². The molecule has 2 aromatic heterocycles. The molecule has 2 aromatic carbocycles. The largest absolute Gasteiger partial charge is 0.457 e. The van der Waals surface area contributed by atoms with E-state index in [0.29, 0.717) is 51.0 Å². The number of pyridine rings is 1. The number of nitrogens with one attached hydrogen (secondary N) is 2. The predicted octanol–water partition coefficient (Wildman–Crippen LogP) is 6.90. The fraction of sp³-hybridized carbons (Fsp3) is 0.290. The van der Waals surface area contributed by atoms with E-state index in [1.54, 1.807) is 34.2 Å². The second kappa shape index (κ2) is 11.0. The summed E-state index contributed by atoms with van der Waals surface area (Å²) in [6, 6.07) is 17.9. The normalized spacial score (nSPS) is 16.6. The summed E-state index contributed by atoms with van der Waals surface area (Å²) in [5, 5.41) is 6.69. The van der Waals surface area contributed by atoms with Gasteiger partial charge in [-0.2, -0.15) is 0 Å². The number of anilines is 3. The standard InChI is InChI=1S/C31H31N5O5S/c1-31(2,3)41-30(39)35-17-7-8-19(18-35)33-27(37)26-25-24-23(15-16-32-28(24)42-26)36(29(38)34-25)20-11-13-22(14-12-20)40-21-9-5-4-6-10-21/h4-6,9-16,19H,7-8,17-18H2,1-3H3,(H,33,37)(H,34,38)/t19-/m1/s1. The molecule has 11 heteroatoms. The summed E-state index contributed by atoms with van der Waals surface area (Å²) in [5.41, 5.74) is 1.13. The molecule has 4 heterocycles. The van der Waals surface area contributed by atoms with Gasteiger partial charge in [0.1, 0.15) is 26.8 Å². The molecule has 4 amide bonds. The molecular formula is C31H31N5O5S. The molecule has 0 bridgehead atoms. The van der Waals surface area contributed by atoms with Gasteiger partial charge in [0.15, 0.2) is 0 Å². The fourth-order valence-electron chi connectivity index (χ4n) is 5.13. The number of amides is 4. The first kappa shape index (κ1) is 27.5. The van der Waals surface area contributed by atoms with E-state index in [9.17, 15) is 14.4 Å². The summed E-state index contributed by atoms with van der Waals surface area (Å²) in [4.78, 5) is 48.2. The average molecular weight is 586 g/mol. The Morgan fingerprint density at radius 2 is 1.79 bits per heavy atom. The second-order valence-electron chi connectivity index (χ2n) is 11.2. The van der Waals surface area contributed by atoms with Crippen molar-refractivity contribution in [1.82, 2.24) is 15.2 Å². The molecule has 42 heavy (non-hydrogen) atoms. The molecule has 0 saturated carbocycles. The number of benzene rings is 2. The maximum atomic E-state index is 13.5. The molecule has 0 aliphatic carbocycles. The smallest absolute Gasteiger partial charge is 0.410 e. The molecule has 10 nitrogen and oxygen atoms in total. The van der Waals surface area contributed by atoms with Crippen molar-refractivity contribution in [2.45, 2.75) is 45.3 Å². The van der Waals surface area contributed by atoms with Crippen molar-refractivity contribution >= 4 is 56.6 Å². The highest BCUT2D eigenvalue weighted by Crippen LogP contribution is 2.46. The number of piperidine rings is 1. The molecule has 2 aliphatic rings. The van der Waals surface area contributed by atoms with Crippen LogP contribution in [0, 0.1) is 0 Å². The minimum Gasteiger partial charge on any atom is -0.457 e. The molecule has 2 aliphatic heterocycles. The van der Waals surface area contributed by atoms with Crippen LogP contribution < -0.4 is 20.3 Å². The topological polar surface area (TPSA) is 113 Å². The lowest BCUT2D eigenvalue weighted by Crippen LogP contribution is -2.50. The van der Waals surface area contributed by atoms with Crippen molar-refractivity contribution in [3.8, 4) is 11.5 Å². The van der Waals surface area contributed by atoms with Crippen LogP contribution in [0.3, 0.4) is 0 Å². The number of thiophene rings is 1. The van der Waals surface area contributed by atoms with E-state index in [1.165, 1.54) is 11.3 Å². The van der Waals surface area contributed by atoms with E-state index >= 15 is 0 Å². The van der Waals surface area contributed by atoms with Crippen LogP contribution in [-0.4, -0.2) is 52.6 Å². The maximum absolute atomic E-state index is 13.5. The maximum Gasteiger partial charge on any atom is 0.410 e. The van der Waals surface area contributed by atoms with Gasteiger partial charge in [0.25, 0.3) is 5.91 Å². The molecule has 0 unspecified atom stereocenters. The van der Waals surface area contributed by atoms with Crippen LogP contribution in [0.1, 0.15) is 43.3 Å². The number of aromatic nitrogens is 1. The Morgan fingerprint density at radius 1 is 1.05 bits per heavy atom. The Balaban J connectivity index is 1.22.